The molecule has 2 amide bonds. The van der Waals surface area contributed by atoms with E-state index in [1.165, 1.54) is 0 Å². The van der Waals surface area contributed by atoms with E-state index >= 15 is 0 Å². The molecule has 1 aliphatic heterocycles. The minimum atomic E-state index is -0.539. The summed E-state index contributed by atoms with van der Waals surface area (Å²) < 4.78 is 7.43. The number of hydrogen-bond acceptors (Lipinski definition) is 4. The molecule has 2 aromatic rings. The Labute approximate surface area is 195 Å². The molecule has 0 aromatic carbocycles. The van der Waals surface area contributed by atoms with Crippen LogP contribution in [0.2, 0.25) is 5.15 Å². The summed E-state index contributed by atoms with van der Waals surface area (Å²) in [6, 6.07) is 5.67. The van der Waals surface area contributed by atoms with E-state index < -0.39 is 5.60 Å². The molecule has 0 spiro atoms. The maximum absolute atomic E-state index is 12.9. The van der Waals surface area contributed by atoms with Crippen molar-refractivity contribution >= 4 is 35.3 Å². The van der Waals surface area contributed by atoms with Crippen molar-refractivity contribution in [3.8, 4) is 0 Å². The number of rotatable bonds is 5. The largest absolute Gasteiger partial charge is 0.444 e. The van der Waals surface area contributed by atoms with Crippen LogP contribution in [0, 0.1) is 5.92 Å². The molecular formula is C24H33ClN4O3. The Morgan fingerprint density at radius 1 is 1.34 bits per heavy atom. The lowest BCUT2D eigenvalue weighted by molar-refractivity contribution is -0.127. The van der Waals surface area contributed by atoms with Crippen LogP contribution >= 0.6 is 11.6 Å². The second-order valence-corrected chi connectivity index (χ2v) is 9.93. The third kappa shape index (κ3) is 6.03. The number of nitrogens with zero attached hydrogens (tertiary/aromatic N) is 4. The normalized spacial score (nSPS) is 17.3. The first kappa shape index (κ1) is 24.1. The number of aromatic nitrogens is 2. The van der Waals surface area contributed by atoms with Crippen LogP contribution in [0.3, 0.4) is 0 Å². The summed E-state index contributed by atoms with van der Waals surface area (Å²) in [7, 11) is 0. The molecule has 0 saturated carbocycles. The molecule has 1 aliphatic rings. The number of pyridine rings is 1. The Morgan fingerprint density at radius 2 is 2.09 bits per heavy atom. The SMILES string of the molecule is CC(C)N(CC1CCCN(C(=O)/C=C/c2c(Cl)nc3ccccn23)C1)C(=O)OC(C)(C)C. The van der Waals surface area contributed by atoms with Gasteiger partial charge in [-0.15, -0.1) is 0 Å². The molecule has 0 bridgehead atoms. The van der Waals surface area contributed by atoms with Gasteiger partial charge in [-0.1, -0.05) is 17.7 Å². The van der Waals surface area contributed by atoms with Crippen LogP contribution in [0.1, 0.15) is 53.2 Å². The molecule has 1 unspecified atom stereocenters. The van der Waals surface area contributed by atoms with Crippen molar-refractivity contribution in [3.05, 3.63) is 41.3 Å². The summed E-state index contributed by atoms with van der Waals surface area (Å²) in [6.07, 6.45) is 6.71. The van der Waals surface area contributed by atoms with Crippen LogP contribution in [-0.4, -0.2) is 62.5 Å². The van der Waals surface area contributed by atoms with Gasteiger partial charge in [0.15, 0.2) is 5.15 Å². The second kappa shape index (κ2) is 9.94. The third-order valence-electron chi connectivity index (χ3n) is 5.44. The van der Waals surface area contributed by atoms with Gasteiger partial charge in [0, 0.05) is 37.9 Å². The Kier molecular flexibility index (Phi) is 7.49. The maximum Gasteiger partial charge on any atom is 0.410 e. The predicted octanol–water partition coefficient (Wildman–Crippen LogP) is 4.89. The van der Waals surface area contributed by atoms with Gasteiger partial charge in [0.05, 0.1) is 5.69 Å². The summed E-state index contributed by atoms with van der Waals surface area (Å²) in [4.78, 5) is 33.5. The van der Waals surface area contributed by atoms with Gasteiger partial charge in [-0.3, -0.25) is 9.20 Å². The molecule has 1 saturated heterocycles. The molecule has 0 N–H and O–H groups in total. The van der Waals surface area contributed by atoms with Crippen LogP contribution in [-0.2, 0) is 9.53 Å². The average Bonchev–Trinajstić information content (AvgIpc) is 3.03. The van der Waals surface area contributed by atoms with Crippen molar-refractivity contribution in [2.24, 2.45) is 5.92 Å². The topological polar surface area (TPSA) is 67.1 Å². The highest BCUT2D eigenvalue weighted by Gasteiger charge is 2.29. The van der Waals surface area contributed by atoms with Gasteiger partial charge >= 0.3 is 6.09 Å². The molecule has 32 heavy (non-hydrogen) atoms. The highest BCUT2D eigenvalue weighted by atomic mass is 35.5. The molecular weight excluding hydrogens is 428 g/mol. The van der Waals surface area contributed by atoms with E-state index in [1.807, 2.05) is 68.3 Å². The second-order valence-electron chi connectivity index (χ2n) is 9.57. The molecule has 3 heterocycles. The van der Waals surface area contributed by atoms with Gasteiger partial charge in [0.2, 0.25) is 5.91 Å². The number of fused-ring (bicyclic) bond motifs is 1. The fraction of sp³-hybridized carbons (Fsp3) is 0.542. The van der Waals surface area contributed by atoms with Crippen molar-refractivity contribution < 1.29 is 14.3 Å². The van der Waals surface area contributed by atoms with Gasteiger partial charge in [-0.05, 0) is 71.6 Å². The Bertz CT molecular complexity index is 993. The Hall–Kier alpha value is -2.54. The summed E-state index contributed by atoms with van der Waals surface area (Å²) in [5, 5.41) is 0.363. The minimum Gasteiger partial charge on any atom is -0.444 e. The number of carbonyl (C=O) groups is 2. The molecule has 8 heteroatoms. The highest BCUT2D eigenvalue weighted by Crippen LogP contribution is 2.22. The zero-order chi connectivity index (χ0) is 23.5. The highest BCUT2D eigenvalue weighted by molar-refractivity contribution is 6.31. The quantitative estimate of drug-likeness (QED) is 0.596. The predicted molar refractivity (Wildman–Crippen MR) is 127 cm³/mol. The zero-order valence-corrected chi connectivity index (χ0v) is 20.3. The van der Waals surface area contributed by atoms with E-state index in [-0.39, 0.29) is 24.0 Å². The van der Waals surface area contributed by atoms with Crippen molar-refractivity contribution in [1.29, 1.82) is 0 Å². The number of imidazole rings is 1. The molecule has 7 nitrogen and oxygen atoms in total. The molecule has 1 atom stereocenters. The number of piperidine rings is 1. The van der Waals surface area contributed by atoms with Crippen molar-refractivity contribution in [2.75, 3.05) is 19.6 Å². The lowest BCUT2D eigenvalue weighted by Gasteiger charge is -2.37. The summed E-state index contributed by atoms with van der Waals surface area (Å²) >= 11 is 6.26. The van der Waals surface area contributed by atoms with Crippen molar-refractivity contribution in [2.45, 2.75) is 59.1 Å². The average molecular weight is 461 g/mol. The first-order chi connectivity index (χ1) is 15.0. The lowest BCUT2D eigenvalue weighted by Crippen LogP contribution is -2.47. The van der Waals surface area contributed by atoms with Gasteiger partial charge in [0.1, 0.15) is 11.2 Å². The molecule has 174 valence electrons. The van der Waals surface area contributed by atoms with E-state index in [1.54, 1.807) is 17.1 Å². The molecule has 0 aliphatic carbocycles. The lowest BCUT2D eigenvalue weighted by atomic mass is 9.97. The first-order valence-corrected chi connectivity index (χ1v) is 11.5. The van der Waals surface area contributed by atoms with E-state index in [2.05, 4.69) is 4.98 Å². The van der Waals surface area contributed by atoms with Crippen LogP contribution in [0.15, 0.2) is 30.5 Å². The summed E-state index contributed by atoms with van der Waals surface area (Å²) in [5.74, 6) is 0.139. The van der Waals surface area contributed by atoms with Crippen LogP contribution in [0.4, 0.5) is 4.79 Å². The third-order valence-corrected chi connectivity index (χ3v) is 5.72. The molecule has 0 radical (unpaired) electrons. The van der Waals surface area contributed by atoms with E-state index in [9.17, 15) is 9.59 Å². The van der Waals surface area contributed by atoms with Crippen molar-refractivity contribution in [3.63, 3.8) is 0 Å². The number of halogens is 1. The van der Waals surface area contributed by atoms with E-state index in [0.29, 0.717) is 30.5 Å². The minimum absolute atomic E-state index is 0.0214. The zero-order valence-electron chi connectivity index (χ0n) is 19.5. The van der Waals surface area contributed by atoms with Gasteiger partial charge in [0.25, 0.3) is 0 Å². The Morgan fingerprint density at radius 3 is 2.78 bits per heavy atom. The number of carbonyl (C=O) groups excluding carboxylic acids is 2. The van der Waals surface area contributed by atoms with Crippen molar-refractivity contribution in [1.82, 2.24) is 19.2 Å². The molecule has 2 aromatic heterocycles. The number of ether oxygens (including phenoxy) is 1. The smallest absolute Gasteiger partial charge is 0.410 e. The fourth-order valence-electron chi connectivity index (χ4n) is 3.90. The molecule has 1 fully saturated rings. The van der Waals surface area contributed by atoms with Crippen LogP contribution in [0.25, 0.3) is 11.7 Å². The van der Waals surface area contributed by atoms with E-state index in [4.69, 9.17) is 16.3 Å². The maximum atomic E-state index is 12.9. The van der Waals surface area contributed by atoms with E-state index in [0.717, 1.165) is 18.5 Å². The standard InChI is InChI=1S/C24H33ClN4O3/c1-17(2)29(23(31)32-24(3,4)5)16-18-9-8-13-27(15-18)21(30)12-11-19-22(25)26-20-10-6-7-14-28(19)20/h6-7,10-12,14,17-18H,8-9,13,15-16H2,1-5H3/b12-11+. The fourth-order valence-corrected chi connectivity index (χ4v) is 4.14. The van der Waals surface area contributed by atoms with Crippen LogP contribution < -0.4 is 0 Å². The van der Waals surface area contributed by atoms with Gasteiger partial charge < -0.3 is 14.5 Å². The number of amides is 2. The van der Waals surface area contributed by atoms with Gasteiger partial charge in [-0.25, -0.2) is 9.78 Å². The number of likely N-dealkylation sites (tertiary alicyclic amines) is 1. The number of hydrogen-bond donors (Lipinski definition) is 0. The first-order valence-electron chi connectivity index (χ1n) is 11.1. The summed E-state index contributed by atoms with van der Waals surface area (Å²) in [6.45, 7) is 11.5. The van der Waals surface area contributed by atoms with Crippen LogP contribution in [0.5, 0.6) is 0 Å². The monoisotopic (exact) mass is 460 g/mol. The Balaban J connectivity index is 1.65. The van der Waals surface area contributed by atoms with Gasteiger partial charge in [-0.2, -0.15) is 0 Å². The molecule has 3 rings (SSSR count). The summed E-state index contributed by atoms with van der Waals surface area (Å²) in [5.41, 5.74) is 0.876.